The molecule has 1 fully saturated rings. The normalized spacial score (nSPS) is 15.1. The Morgan fingerprint density at radius 1 is 1.33 bits per heavy atom. The van der Waals surface area contributed by atoms with Crippen LogP contribution in [0.25, 0.3) is 11.1 Å². The Bertz CT molecular complexity index is 627. The molecule has 0 unspecified atom stereocenters. The predicted molar refractivity (Wildman–Crippen MR) is 76.4 cm³/mol. The van der Waals surface area contributed by atoms with E-state index in [9.17, 15) is 4.39 Å². The highest BCUT2D eigenvalue weighted by Gasteiger charge is 2.28. The molecule has 1 aromatic heterocycles. The van der Waals surface area contributed by atoms with Gasteiger partial charge in [0.2, 0.25) is 5.95 Å². The van der Waals surface area contributed by atoms with Gasteiger partial charge in [-0.1, -0.05) is 18.2 Å². The van der Waals surface area contributed by atoms with Crippen LogP contribution >= 0.6 is 0 Å². The van der Waals surface area contributed by atoms with E-state index < -0.39 is 5.82 Å². The maximum absolute atomic E-state index is 14.1. The summed E-state index contributed by atoms with van der Waals surface area (Å²) in [5, 5.41) is 9.10. The van der Waals surface area contributed by atoms with Crippen LogP contribution in [0.2, 0.25) is 0 Å². The smallest absolute Gasteiger partial charge is 0.225 e. The standard InChI is InChI=1S/C15H16FN3O2/c1-21-12-7-19(8-12)15-17-5-11(6-18-15)13-4-2-3-10(9-20)14(13)16/h2-6,12,20H,7-9H2,1H3. The van der Waals surface area contributed by atoms with Crippen LogP contribution in [0.5, 0.6) is 0 Å². The van der Waals surface area contributed by atoms with E-state index in [1.54, 1.807) is 37.7 Å². The predicted octanol–water partition coefficient (Wildman–Crippen LogP) is 1.61. The average Bonchev–Trinajstić information content (AvgIpc) is 2.47. The number of anilines is 1. The first kappa shape index (κ1) is 13.9. The Kier molecular flexibility index (Phi) is 3.81. The van der Waals surface area contributed by atoms with Gasteiger partial charge in [0.15, 0.2) is 0 Å². The van der Waals surface area contributed by atoms with Gasteiger partial charge in [-0.15, -0.1) is 0 Å². The van der Waals surface area contributed by atoms with Crippen molar-refractivity contribution >= 4 is 5.95 Å². The van der Waals surface area contributed by atoms with Crippen LogP contribution in [0, 0.1) is 5.82 Å². The SMILES string of the molecule is COC1CN(c2ncc(-c3cccc(CO)c3F)cn2)C1. The van der Waals surface area contributed by atoms with Crippen molar-refractivity contribution < 1.29 is 14.2 Å². The molecule has 1 aliphatic rings. The number of rotatable bonds is 4. The van der Waals surface area contributed by atoms with Gasteiger partial charge in [-0.2, -0.15) is 0 Å². The Hall–Kier alpha value is -2.05. The lowest BCUT2D eigenvalue weighted by atomic mass is 10.1. The van der Waals surface area contributed by atoms with Crippen LogP contribution in [-0.4, -0.2) is 41.4 Å². The van der Waals surface area contributed by atoms with E-state index in [0.717, 1.165) is 13.1 Å². The van der Waals surface area contributed by atoms with Crippen molar-refractivity contribution in [2.24, 2.45) is 0 Å². The van der Waals surface area contributed by atoms with Crippen LogP contribution in [-0.2, 0) is 11.3 Å². The minimum atomic E-state index is -0.431. The highest BCUT2D eigenvalue weighted by atomic mass is 19.1. The number of halogens is 1. The molecule has 1 N–H and O–H groups in total. The van der Waals surface area contributed by atoms with E-state index in [4.69, 9.17) is 9.84 Å². The summed E-state index contributed by atoms with van der Waals surface area (Å²) in [4.78, 5) is 10.5. The summed E-state index contributed by atoms with van der Waals surface area (Å²) < 4.78 is 19.4. The molecular weight excluding hydrogens is 273 g/mol. The third-order valence-corrected chi connectivity index (χ3v) is 3.66. The second-order valence-corrected chi connectivity index (χ2v) is 4.97. The lowest BCUT2D eigenvalue weighted by molar-refractivity contribution is 0.0778. The number of aliphatic hydroxyl groups is 1. The number of ether oxygens (including phenoxy) is 1. The fraction of sp³-hybridized carbons (Fsp3) is 0.333. The lowest BCUT2D eigenvalue weighted by Crippen LogP contribution is -2.52. The molecule has 0 saturated carbocycles. The number of nitrogens with zero attached hydrogens (tertiary/aromatic N) is 3. The van der Waals surface area contributed by atoms with Crippen LogP contribution in [0.4, 0.5) is 10.3 Å². The number of hydrogen-bond acceptors (Lipinski definition) is 5. The highest BCUT2D eigenvalue weighted by molar-refractivity contribution is 5.64. The second kappa shape index (κ2) is 5.75. The Balaban J connectivity index is 1.82. The van der Waals surface area contributed by atoms with Crippen molar-refractivity contribution in [2.75, 3.05) is 25.1 Å². The first-order chi connectivity index (χ1) is 10.2. The van der Waals surface area contributed by atoms with Crippen LogP contribution in [0.3, 0.4) is 0 Å². The largest absolute Gasteiger partial charge is 0.392 e. The van der Waals surface area contributed by atoms with E-state index in [1.165, 1.54) is 0 Å². The minimum absolute atomic E-state index is 0.229. The van der Waals surface area contributed by atoms with Crippen molar-refractivity contribution in [3.63, 3.8) is 0 Å². The molecule has 0 spiro atoms. The second-order valence-electron chi connectivity index (χ2n) is 4.97. The summed E-state index contributed by atoms with van der Waals surface area (Å²) >= 11 is 0. The molecule has 0 bridgehead atoms. The molecule has 2 heterocycles. The highest BCUT2D eigenvalue weighted by Crippen LogP contribution is 2.25. The molecule has 0 radical (unpaired) electrons. The minimum Gasteiger partial charge on any atom is -0.392 e. The number of aliphatic hydroxyl groups excluding tert-OH is 1. The number of aromatic nitrogens is 2. The van der Waals surface area contributed by atoms with Crippen molar-refractivity contribution in [3.8, 4) is 11.1 Å². The quantitative estimate of drug-likeness (QED) is 0.926. The third kappa shape index (κ3) is 2.59. The van der Waals surface area contributed by atoms with E-state index in [-0.39, 0.29) is 18.3 Å². The monoisotopic (exact) mass is 289 g/mol. The summed E-state index contributed by atoms with van der Waals surface area (Å²) in [7, 11) is 1.68. The average molecular weight is 289 g/mol. The molecule has 0 aliphatic carbocycles. The summed E-state index contributed by atoms with van der Waals surface area (Å²) in [5.74, 6) is 0.186. The van der Waals surface area contributed by atoms with Crippen molar-refractivity contribution in [1.82, 2.24) is 9.97 Å². The van der Waals surface area contributed by atoms with Crippen LogP contribution < -0.4 is 4.90 Å². The maximum atomic E-state index is 14.1. The summed E-state index contributed by atoms with van der Waals surface area (Å²) in [6, 6.07) is 4.91. The van der Waals surface area contributed by atoms with Gasteiger partial charge in [0.05, 0.1) is 12.7 Å². The molecule has 3 rings (SSSR count). The van der Waals surface area contributed by atoms with E-state index >= 15 is 0 Å². The fourth-order valence-electron chi connectivity index (χ4n) is 2.30. The zero-order chi connectivity index (χ0) is 14.8. The molecule has 1 aromatic carbocycles. The van der Waals surface area contributed by atoms with Crippen molar-refractivity contribution in [1.29, 1.82) is 0 Å². The van der Waals surface area contributed by atoms with Crippen molar-refractivity contribution in [3.05, 3.63) is 42.0 Å². The lowest BCUT2D eigenvalue weighted by Gasteiger charge is -2.37. The molecular formula is C15H16FN3O2. The molecule has 1 aliphatic heterocycles. The van der Waals surface area contributed by atoms with Gasteiger partial charge in [0.25, 0.3) is 0 Å². The molecule has 110 valence electrons. The molecule has 6 heteroatoms. The van der Waals surface area contributed by atoms with E-state index in [0.29, 0.717) is 17.1 Å². The van der Waals surface area contributed by atoms with Crippen LogP contribution in [0.1, 0.15) is 5.56 Å². The molecule has 0 atom stereocenters. The molecule has 5 nitrogen and oxygen atoms in total. The van der Waals surface area contributed by atoms with E-state index in [1.807, 2.05) is 4.90 Å². The first-order valence-electron chi connectivity index (χ1n) is 6.71. The Morgan fingerprint density at radius 2 is 2.05 bits per heavy atom. The van der Waals surface area contributed by atoms with Gasteiger partial charge < -0.3 is 14.7 Å². The summed E-state index contributed by atoms with van der Waals surface area (Å²) in [6.07, 6.45) is 3.43. The first-order valence-corrected chi connectivity index (χ1v) is 6.71. The maximum Gasteiger partial charge on any atom is 0.225 e. The third-order valence-electron chi connectivity index (χ3n) is 3.66. The van der Waals surface area contributed by atoms with Gasteiger partial charge >= 0.3 is 0 Å². The van der Waals surface area contributed by atoms with Gasteiger partial charge in [-0.3, -0.25) is 0 Å². The fourth-order valence-corrected chi connectivity index (χ4v) is 2.30. The molecule has 2 aromatic rings. The summed E-state index contributed by atoms with van der Waals surface area (Å²) in [6.45, 7) is 1.21. The van der Waals surface area contributed by atoms with Gasteiger partial charge in [-0.25, -0.2) is 14.4 Å². The zero-order valence-corrected chi connectivity index (χ0v) is 11.7. The topological polar surface area (TPSA) is 58.5 Å². The summed E-state index contributed by atoms with van der Waals surface area (Å²) in [5.41, 5.74) is 1.25. The Labute approximate surface area is 122 Å². The van der Waals surface area contributed by atoms with Crippen molar-refractivity contribution in [2.45, 2.75) is 12.7 Å². The van der Waals surface area contributed by atoms with Gasteiger partial charge in [-0.05, 0) is 0 Å². The molecule has 1 saturated heterocycles. The van der Waals surface area contributed by atoms with E-state index in [2.05, 4.69) is 9.97 Å². The molecule has 21 heavy (non-hydrogen) atoms. The van der Waals surface area contributed by atoms with Gasteiger partial charge in [0, 0.05) is 49.3 Å². The molecule has 0 amide bonds. The van der Waals surface area contributed by atoms with Crippen LogP contribution in [0.15, 0.2) is 30.6 Å². The number of methoxy groups -OCH3 is 1. The number of hydrogen-bond donors (Lipinski definition) is 1. The Morgan fingerprint density at radius 3 is 2.67 bits per heavy atom. The van der Waals surface area contributed by atoms with Gasteiger partial charge in [0.1, 0.15) is 5.82 Å². The number of benzene rings is 1. The zero-order valence-electron chi connectivity index (χ0n) is 11.7.